The molecule has 4 nitrogen and oxygen atoms in total. The summed E-state index contributed by atoms with van der Waals surface area (Å²) in [6.07, 6.45) is 1.62. The number of carbonyl (C=O) groups is 1. The molecule has 0 saturated heterocycles. The van der Waals surface area contributed by atoms with E-state index in [0.29, 0.717) is 23.1 Å². The molecule has 23 heavy (non-hydrogen) atoms. The van der Waals surface area contributed by atoms with Gasteiger partial charge in [-0.2, -0.15) is 0 Å². The Hall–Kier alpha value is -2.88. The molecule has 3 aromatic rings. The lowest BCUT2D eigenvalue weighted by Crippen LogP contribution is -1.95. The summed E-state index contributed by atoms with van der Waals surface area (Å²) in [5.41, 5.74) is 3.08. The van der Waals surface area contributed by atoms with Crippen LogP contribution in [0.2, 0.25) is 0 Å². The maximum Gasteiger partial charge on any atom is 0.335 e. The highest BCUT2D eigenvalue weighted by Gasteiger charge is 2.11. The Morgan fingerprint density at radius 2 is 1.83 bits per heavy atom. The number of carboxylic acids is 1. The van der Waals surface area contributed by atoms with Gasteiger partial charge in [0, 0.05) is 11.1 Å². The lowest BCUT2D eigenvalue weighted by molar-refractivity contribution is 0.0697. The summed E-state index contributed by atoms with van der Waals surface area (Å²) in [5, 5.41) is 9.06. The largest absolute Gasteiger partial charge is 0.478 e. The van der Waals surface area contributed by atoms with Gasteiger partial charge in [-0.25, -0.2) is 9.78 Å². The molecule has 4 heteroatoms. The molecule has 0 radical (unpaired) electrons. The molecule has 116 valence electrons. The van der Waals surface area contributed by atoms with Crippen molar-refractivity contribution in [2.24, 2.45) is 0 Å². The average Bonchev–Trinajstić information content (AvgIpc) is 3.05. The fourth-order valence-electron chi connectivity index (χ4n) is 2.36. The summed E-state index contributed by atoms with van der Waals surface area (Å²) in [7, 11) is 0. The van der Waals surface area contributed by atoms with Crippen LogP contribution in [0.5, 0.6) is 0 Å². The van der Waals surface area contributed by atoms with E-state index in [1.54, 1.807) is 30.5 Å². The minimum Gasteiger partial charge on any atom is -0.478 e. The third kappa shape index (κ3) is 3.16. The molecule has 2 aromatic carbocycles. The van der Waals surface area contributed by atoms with Gasteiger partial charge in [0.2, 0.25) is 5.89 Å². The summed E-state index contributed by atoms with van der Waals surface area (Å²) >= 11 is 0. The predicted molar refractivity (Wildman–Crippen MR) is 88.4 cm³/mol. The van der Waals surface area contributed by atoms with Gasteiger partial charge in [0.15, 0.2) is 5.76 Å². The molecule has 0 aliphatic carbocycles. The first-order valence-electron chi connectivity index (χ1n) is 7.44. The van der Waals surface area contributed by atoms with E-state index in [2.05, 4.69) is 31.0 Å². The third-order valence-electron chi connectivity index (χ3n) is 3.72. The second kappa shape index (κ2) is 6.08. The van der Waals surface area contributed by atoms with Crippen LogP contribution in [-0.4, -0.2) is 16.1 Å². The summed E-state index contributed by atoms with van der Waals surface area (Å²) in [4.78, 5) is 15.3. The number of rotatable bonds is 4. The van der Waals surface area contributed by atoms with E-state index < -0.39 is 5.97 Å². The van der Waals surface area contributed by atoms with Crippen LogP contribution in [0.4, 0.5) is 0 Å². The molecule has 1 N–H and O–H groups in total. The van der Waals surface area contributed by atoms with Crippen molar-refractivity contribution < 1.29 is 14.3 Å². The minimum atomic E-state index is -0.962. The maximum absolute atomic E-state index is 11.1. The first kappa shape index (κ1) is 15.0. The van der Waals surface area contributed by atoms with Crippen LogP contribution in [-0.2, 0) is 0 Å². The van der Waals surface area contributed by atoms with Crippen LogP contribution in [0.25, 0.3) is 22.8 Å². The van der Waals surface area contributed by atoms with Crippen molar-refractivity contribution in [1.29, 1.82) is 0 Å². The van der Waals surface area contributed by atoms with E-state index in [4.69, 9.17) is 9.52 Å². The van der Waals surface area contributed by atoms with Crippen molar-refractivity contribution in [2.75, 3.05) is 0 Å². The van der Waals surface area contributed by atoms with E-state index in [1.165, 1.54) is 5.56 Å². The predicted octanol–water partition coefficient (Wildman–Crippen LogP) is 4.83. The van der Waals surface area contributed by atoms with Crippen LogP contribution in [0.3, 0.4) is 0 Å². The number of hydrogen-bond donors (Lipinski definition) is 1. The van der Waals surface area contributed by atoms with Gasteiger partial charge in [-0.15, -0.1) is 0 Å². The molecule has 0 aliphatic rings. The van der Waals surface area contributed by atoms with Gasteiger partial charge in [-0.1, -0.05) is 38.1 Å². The Labute approximate surface area is 134 Å². The van der Waals surface area contributed by atoms with Gasteiger partial charge in [0.25, 0.3) is 0 Å². The molecule has 0 aliphatic heterocycles. The van der Waals surface area contributed by atoms with Gasteiger partial charge in [0.1, 0.15) is 0 Å². The SMILES string of the molecule is CC(C)c1ccc(-c2ncc(-c3cccc(C(=O)O)c3)o2)cc1. The molecule has 0 spiro atoms. The number of nitrogens with zero attached hydrogens (tertiary/aromatic N) is 1. The normalized spacial score (nSPS) is 10.9. The molecule has 0 saturated carbocycles. The van der Waals surface area contributed by atoms with Crippen LogP contribution in [0.1, 0.15) is 35.7 Å². The Morgan fingerprint density at radius 3 is 2.48 bits per heavy atom. The number of aromatic carboxylic acids is 1. The second-order valence-electron chi connectivity index (χ2n) is 5.69. The highest BCUT2D eigenvalue weighted by molar-refractivity contribution is 5.89. The number of benzene rings is 2. The molecule has 1 heterocycles. The fraction of sp³-hybridized carbons (Fsp3) is 0.158. The molecule has 0 unspecified atom stereocenters. The minimum absolute atomic E-state index is 0.224. The van der Waals surface area contributed by atoms with Crippen LogP contribution in [0.15, 0.2) is 59.1 Å². The zero-order chi connectivity index (χ0) is 16.4. The smallest absolute Gasteiger partial charge is 0.335 e. The fourth-order valence-corrected chi connectivity index (χ4v) is 2.36. The molecule has 1 aromatic heterocycles. The lowest BCUT2D eigenvalue weighted by atomic mass is 10.0. The molecule has 0 fully saturated rings. The first-order chi connectivity index (χ1) is 11.0. The third-order valence-corrected chi connectivity index (χ3v) is 3.72. The monoisotopic (exact) mass is 307 g/mol. The van der Waals surface area contributed by atoms with Crippen molar-refractivity contribution in [1.82, 2.24) is 4.98 Å². The average molecular weight is 307 g/mol. The summed E-state index contributed by atoms with van der Waals surface area (Å²) in [5.74, 6) is 0.589. The molecule has 0 atom stereocenters. The number of carboxylic acid groups (broad SMARTS) is 1. The van der Waals surface area contributed by atoms with E-state index in [0.717, 1.165) is 5.56 Å². The Morgan fingerprint density at radius 1 is 1.09 bits per heavy atom. The van der Waals surface area contributed by atoms with Crippen LogP contribution < -0.4 is 0 Å². The molecular formula is C19H17NO3. The maximum atomic E-state index is 11.1. The topological polar surface area (TPSA) is 63.3 Å². The van der Waals surface area contributed by atoms with Crippen LogP contribution >= 0.6 is 0 Å². The number of hydrogen-bond acceptors (Lipinski definition) is 3. The second-order valence-corrected chi connectivity index (χ2v) is 5.69. The quantitative estimate of drug-likeness (QED) is 0.749. The Balaban J connectivity index is 1.91. The molecule has 0 amide bonds. The van der Waals surface area contributed by atoms with Crippen molar-refractivity contribution in [3.05, 3.63) is 65.9 Å². The van der Waals surface area contributed by atoms with Crippen molar-refractivity contribution in [2.45, 2.75) is 19.8 Å². The highest BCUT2D eigenvalue weighted by Crippen LogP contribution is 2.27. The molecular weight excluding hydrogens is 290 g/mol. The zero-order valence-corrected chi connectivity index (χ0v) is 13.0. The van der Waals surface area contributed by atoms with Gasteiger partial charge in [-0.3, -0.25) is 0 Å². The number of aromatic nitrogens is 1. The highest BCUT2D eigenvalue weighted by atomic mass is 16.4. The summed E-state index contributed by atoms with van der Waals surface area (Å²) in [6, 6.07) is 14.7. The molecule has 0 bridgehead atoms. The zero-order valence-electron chi connectivity index (χ0n) is 13.0. The standard InChI is InChI=1S/C19H17NO3/c1-12(2)13-6-8-14(9-7-13)18-20-11-17(23-18)15-4-3-5-16(10-15)19(21)22/h3-12H,1-2H3,(H,21,22). The van der Waals surface area contributed by atoms with Crippen molar-refractivity contribution in [3.63, 3.8) is 0 Å². The van der Waals surface area contributed by atoms with Crippen LogP contribution in [0, 0.1) is 0 Å². The lowest BCUT2D eigenvalue weighted by Gasteiger charge is -2.05. The van der Waals surface area contributed by atoms with Crippen molar-refractivity contribution in [3.8, 4) is 22.8 Å². The van der Waals surface area contributed by atoms with Gasteiger partial charge >= 0.3 is 5.97 Å². The first-order valence-corrected chi connectivity index (χ1v) is 7.44. The van der Waals surface area contributed by atoms with E-state index >= 15 is 0 Å². The molecule has 3 rings (SSSR count). The Bertz CT molecular complexity index is 832. The Kier molecular flexibility index (Phi) is 3.98. The van der Waals surface area contributed by atoms with E-state index in [-0.39, 0.29) is 5.56 Å². The van der Waals surface area contributed by atoms with E-state index in [9.17, 15) is 4.79 Å². The van der Waals surface area contributed by atoms with Crippen molar-refractivity contribution >= 4 is 5.97 Å². The summed E-state index contributed by atoms with van der Waals surface area (Å²) < 4.78 is 5.79. The number of oxazole rings is 1. The van der Waals surface area contributed by atoms with Gasteiger partial charge < -0.3 is 9.52 Å². The van der Waals surface area contributed by atoms with Gasteiger partial charge in [0.05, 0.1) is 11.8 Å². The summed E-state index contributed by atoms with van der Waals surface area (Å²) in [6.45, 7) is 4.29. The van der Waals surface area contributed by atoms with Gasteiger partial charge in [-0.05, 0) is 35.7 Å². The van der Waals surface area contributed by atoms with E-state index in [1.807, 2.05) is 12.1 Å².